The lowest BCUT2D eigenvalue weighted by Crippen LogP contribution is -2.00. The minimum atomic E-state index is -0.341. The third kappa shape index (κ3) is 3.32. The third-order valence-electron chi connectivity index (χ3n) is 2.95. The van der Waals surface area contributed by atoms with E-state index in [1.54, 1.807) is 19.4 Å². The Hall–Kier alpha value is -3.09. The molecule has 1 aromatic carbocycles. The number of aromatic hydroxyl groups is 2. The molecule has 0 saturated carbocycles. The minimum absolute atomic E-state index is 0.0116. The van der Waals surface area contributed by atoms with E-state index in [-0.39, 0.29) is 17.7 Å². The summed E-state index contributed by atoms with van der Waals surface area (Å²) in [7, 11) is 1.64. The van der Waals surface area contributed by atoms with E-state index >= 15 is 0 Å². The zero-order valence-corrected chi connectivity index (χ0v) is 12.2. The second-order valence-electron chi connectivity index (χ2n) is 4.50. The van der Waals surface area contributed by atoms with Gasteiger partial charge in [0.1, 0.15) is 12.2 Å². The van der Waals surface area contributed by atoms with Crippen molar-refractivity contribution in [3.63, 3.8) is 0 Å². The molecule has 3 aromatic rings. The Balaban J connectivity index is 0.000000188. The molecular weight excluding hydrogens is 284 g/mol. The van der Waals surface area contributed by atoms with Crippen molar-refractivity contribution in [2.75, 3.05) is 0 Å². The quantitative estimate of drug-likeness (QED) is 0.717. The van der Waals surface area contributed by atoms with Crippen LogP contribution in [0.2, 0.25) is 0 Å². The van der Waals surface area contributed by atoms with Crippen molar-refractivity contribution in [2.45, 2.75) is 6.92 Å². The number of carbonyl (C=O) groups is 1. The van der Waals surface area contributed by atoms with Gasteiger partial charge in [0.05, 0.1) is 0 Å². The molecule has 0 fully saturated rings. The lowest BCUT2D eigenvalue weighted by molar-refractivity contribution is 0.0936. The summed E-state index contributed by atoms with van der Waals surface area (Å²) in [5.74, 6) is -0.0293. The highest BCUT2D eigenvalue weighted by molar-refractivity contribution is 5.75. The molecule has 0 aliphatic carbocycles. The molecule has 114 valence electrons. The van der Waals surface area contributed by atoms with Crippen molar-refractivity contribution in [3.05, 3.63) is 49.1 Å². The van der Waals surface area contributed by atoms with Crippen LogP contribution < -0.4 is 0 Å². The van der Waals surface area contributed by atoms with Crippen molar-refractivity contribution >= 4 is 5.91 Å². The van der Waals surface area contributed by atoms with Crippen LogP contribution in [0.4, 0.5) is 0 Å². The summed E-state index contributed by atoms with van der Waals surface area (Å²) >= 11 is 0. The van der Waals surface area contributed by atoms with Crippen molar-refractivity contribution in [1.29, 1.82) is 0 Å². The summed E-state index contributed by atoms with van der Waals surface area (Å²) in [6.45, 7) is 1.49. The van der Waals surface area contributed by atoms with Gasteiger partial charge in [-0.05, 0) is 0 Å². The molecule has 0 atom stereocenters. The summed E-state index contributed by atoms with van der Waals surface area (Å²) in [5, 5.41) is 18.5. The van der Waals surface area contributed by atoms with Crippen LogP contribution in [0.25, 0.3) is 11.4 Å². The van der Waals surface area contributed by atoms with Gasteiger partial charge in [0.15, 0.2) is 0 Å². The number of rotatable bonds is 1. The van der Waals surface area contributed by atoms with Gasteiger partial charge in [-0.1, -0.05) is 30.3 Å². The van der Waals surface area contributed by atoms with E-state index in [4.69, 9.17) is 0 Å². The SMILES string of the molecule is CC(=O)n1ccnc1.Cn1c(-c2ccccc2)nc(O)c1O. The highest BCUT2D eigenvalue weighted by atomic mass is 16.3. The number of carbonyl (C=O) groups excluding carboxylic acids is 1. The van der Waals surface area contributed by atoms with Crippen LogP contribution >= 0.6 is 0 Å². The second kappa shape index (κ2) is 6.57. The molecule has 0 spiro atoms. The molecule has 0 unspecified atom stereocenters. The lowest BCUT2D eigenvalue weighted by atomic mass is 10.2. The Labute approximate surface area is 127 Å². The molecule has 0 bridgehead atoms. The maximum absolute atomic E-state index is 10.4. The topological polar surface area (TPSA) is 93.2 Å². The van der Waals surface area contributed by atoms with E-state index in [2.05, 4.69) is 9.97 Å². The number of hydrogen-bond acceptors (Lipinski definition) is 5. The van der Waals surface area contributed by atoms with Gasteiger partial charge >= 0.3 is 0 Å². The molecule has 7 heteroatoms. The Morgan fingerprint density at radius 1 is 1.18 bits per heavy atom. The second-order valence-corrected chi connectivity index (χ2v) is 4.50. The van der Waals surface area contributed by atoms with Gasteiger partial charge in [-0.3, -0.25) is 13.9 Å². The Bertz CT molecular complexity index is 749. The molecule has 7 nitrogen and oxygen atoms in total. The van der Waals surface area contributed by atoms with Crippen LogP contribution in [0.15, 0.2) is 49.1 Å². The van der Waals surface area contributed by atoms with Crippen LogP contribution in [-0.4, -0.2) is 35.2 Å². The first-order valence-electron chi connectivity index (χ1n) is 6.49. The molecule has 0 aliphatic heterocycles. The van der Waals surface area contributed by atoms with Crippen LogP contribution in [0.5, 0.6) is 11.8 Å². The molecule has 0 saturated heterocycles. The summed E-state index contributed by atoms with van der Waals surface area (Å²) in [6.07, 6.45) is 4.66. The highest BCUT2D eigenvalue weighted by Crippen LogP contribution is 2.29. The Kier molecular flexibility index (Phi) is 4.57. The van der Waals surface area contributed by atoms with Gasteiger partial charge in [0, 0.05) is 31.9 Å². The van der Waals surface area contributed by atoms with Crippen molar-refractivity contribution in [1.82, 2.24) is 19.1 Å². The number of hydrogen-bond donors (Lipinski definition) is 2. The van der Waals surface area contributed by atoms with E-state index in [9.17, 15) is 15.0 Å². The van der Waals surface area contributed by atoms with Crippen LogP contribution in [-0.2, 0) is 7.05 Å². The van der Waals surface area contributed by atoms with Gasteiger partial charge < -0.3 is 10.2 Å². The lowest BCUT2D eigenvalue weighted by Gasteiger charge is -2.00. The smallest absolute Gasteiger partial charge is 0.275 e. The number of benzene rings is 1. The number of aromatic nitrogens is 4. The van der Waals surface area contributed by atoms with Crippen LogP contribution in [0, 0.1) is 0 Å². The van der Waals surface area contributed by atoms with Gasteiger partial charge in [0.2, 0.25) is 5.91 Å². The predicted octanol–water partition coefficient (Wildman–Crippen LogP) is 2.04. The maximum Gasteiger partial charge on any atom is 0.275 e. The number of imidazole rings is 2. The van der Waals surface area contributed by atoms with Gasteiger partial charge in [-0.25, -0.2) is 4.98 Å². The third-order valence-corrected chi connectivity index (χ3v) is 2.95. The summed E-state index contributed by atoms with van der Waals surface area (Å²) in [5.41, 5.74) is 0.852. The molecule has 2 N–H and O–H groups in total. The highest BCUT2D eigenvalue weighted by Gasteiger charge is 2.13. The first-order chi connectivity index (χ1) is 10.5. The fraction of sp³-hybridized carbons (Fsp3) is 0.133. The summed E-state index contributed by atoms with van der Waals surface area (Å²) in [4.78, 5) is 18.0. The van der Waals surface area contributed by atoms with Gasteiger partial charge in [-0.15, -0.1) is 0 Å². The van der Waals surface area contributed by atoms with E-state index in [0.29, 0.717) is 5.82 Å². The van der Waals surface area contributed by atoms with E-state index < -0.39 is 0 Å². The molecular formula is C15H16N4O3. The minimum Gasteiger partial charge on any atom is -0.491 e. The fourth-order valence-corrected chi connectivity index (χ4v) is 1.77. The predicted molar refractivity (Wildman–Crippen MR) is 80.5 cm³/mol. The molecule has 0 amide bonds. The average molecular weight is 300 g/mol. The van der Waals surface area contributed by atoms with Crippen molar-refractivity contribution in [3.8, 4) is 23.1 Å². The van der Waals surface area contributed by atoms with Gasteiger partial charge in [0.25, 0.3) is 11.8 Å². The van der Waals surface area contributed by atoms with E-state index in [0.717, 1.165) is 5.56 Å². The van der Waals surface area contributed by atoms with Crippen molar-refractivity contribution < 1.29 is 15.0 Å². The first kappa shape index (κ1) is 15.3. The molecule has 2 heterocycles. The largest absolute Gasteiger partial charge is 0.491 e. The van der Waals surface area contributed by atoms with Gasteiger partial charge in [-0.2, -0.15) is 4.98 Å². The molecule has 0 radical (unpaired) electrons. The average Bonchev–Trinajstić information content (AvgIpc) is 3.14. The normalized spacial score (nSPS) is 9.91. The summed E-state index contributed by atoms with van der Waals surface area (Å²) in [6, 6.07) is 9.37. The fourth-order valence-electron chi connectivity index (χ4n) is 1.77. The van der Waals surface area contributed by atoms with Crippen LogP contribution in [0.1, 0.15) is 11.7 Å². The standard InChI is InChI=1S/C10H10N2O2.C5H6N2O/c1-12-8(11-9(13)10(12)14)7-5-3-2-4-6-7;1-5(8)7-3-2-6-4-7/h2-6,13-14H,1H3;2-4H,1H3. The first-order valence-corrected chi connectivity index (χ1v) is 6.49. The molecule has 2 aromatic heterocycles. The molecule has 3 rings (SSSR count). The van der Waals surface area contributed by atoms with Crippen molar-refractivity contribution in [2.24, 2.45) is 7.05 Å². The summed E-state index contributed by atoms with van der Waals surface area (Å²) < 4.78 is 2.85. The Morgan fingerprint density at radius 2 is 1.86 bits per heavy atom. The molecule has 22 heavy (non-hydrogen) atoms. The zero-order chi connectivity index (χ0) is 16.1. The number of nitrogens with zero attached hydrogens (tertiary/aromatic N) is 4. The monoisotopic (exact) mass is 300 g/mol. The maximum atomic E-state index is 10.4. The van der Waals surface area contributed by atoms with E-state index in [1.807, 2.05) is 30.3 Å². The van der Waals surface area contributed by atoms with Crippen LogP contribution in [0.3, 0.4) is 0 Å². The Morgan fingerprint density at radius 3 is 2.27 bits per heavy atom. The molecule has 0 aliphatic rings. The zero-order valence-electron chi connectivity index (χ0n) is 12.2. The van der Waals surface area contributed by atoms with E-state index in [1.165, 1.54) is 22.4 Å².